The molecule has 0 aliphatic carbocycles. The summed E-state index contributed by atoms with van der Waals surface area (Å²) in [4.78, 5) is 16.4. The average molecular weight is 284 g/mol. The number of likely N-dealkylation sites (N-methyl/N-ethyl adjacent to an activating group) is 1. The third-order valence-electron chi connectivity index (χ3n) is 3.97. The number of hydrogen-bond acceptors (Lipinski definition) is 3. The van der Waals surface area contributed by atoms with E-state index < -0.39 is 0 Å². The zero-order chi connectivity index (χ0) is 14.7. The Labute approximate surface area is 124 Å². The van der Waals surface area contributed by atoms with Crippen molar-refractivity contribution in [3.05, 3.63) is 42.2 Å². The van der Waals surface area contributed by atoms with E-state index in [4.69, 9.17) is 4.42 Å². The molecule has 1 aromatic carbocycles. The topological polar surface area (TPSA) is 36.7 Å². The van der Waals surface area contributed by atoms with Gasteiger partial charge in [-0.3, -0.25) is 4.79 Å². The Kier molecular flexibility index (Phi) is 4.06. The van der Waals surface area contributed by atoms with Crippen molar-refractivity contribution in [2.24, 2.45) is 0 Å². The van der Waals surface area contributed by atoms with Gasteiger partial charge in [-0.15, -0.1) is 0 Å². The molecule has 1 aliphatic rings. The molecule has 1 fully saturated rings. The van der Waals surface area contributed by atoms with Crippen molar-refractivity contribution < 1.29 is 9.21 Å². The molecule has 4 nitrogen and oxygen atoms in total. The van der Waals surface area contributed by atoms with Crippen molar-refractivity contribution in [1.82, 2.24) is 9.80 Å². The van der Waals surface area contributed by atoms with Gasteiger partial charge < -0.3 is 14.2 Å². The minimum Gasteiger partial charge on any atom is -0.457 e. The predicted molar refractivity (Wildman–Crippen MR) is 83.9 cm³/mol. The van der Waals surface area contributed by atoms with E-state index in [9.17, 15) is 4.79 Å². The molecule has 0 radical (unpaired) electrons. The molecule has 1 aliphatic heterocycles. The third-order valence-corrected chi connectivity index (χ3v) is 3.97. The summed E-state index contributed by atoms with van der Waals surface area (Å²) in [7, 11) is 0. The van der Waals surface area contributed by atoms with E-state index in [1.165, 1.54) is 0 Å². The SMILES string of the molecule is CCN1CCN(C(=O)/C=C/c2cc3ccccc3o2)CC1. The molecule has 0 spiro atoms. The molecule has 2 aromatic rings. The van der Waals surface area contributed by atoms with Crippen LogP contribution in [0.5, 0.6) is 0 Å². The number of amides is 1. The zero-order valence-electron chi connectivity index (χ0n) is 12.3. The molecule has 1 saturated heterocycles. The first kappa shape index (κ1) is 13.9. The van der Waals surface area contributed by atoms with Crippen LogP contribution in [0.2, 0.25) is 0 Å². The lowest BCUT2D eigenvalue weighted by Crippen LogP contribution is -2.48. The van der Waals surface area contributed by atoms with Gasteiger partial charge in [0, 0.05) is 37.6 Å². The van der Waals surface area contributed by atoms with Crippen LogP contribution < -0.4 is 0 Å². The van der Waals surface area contributed by atoms with Gasteiger partial charge in [-0.25, -0.2) is 0 Å². The molecule has 4 heteroatoms. The Morgan fingerprint density at radius 2 is 2.00 bits per heavy atom. The van der Waals surface area contributed by atoms with Crippen LogP contribution in [0.1, 0.15) is 12.7 Å². The van der Waals surface area contributed by atoms with Gasteiger partial charge in [-0.1, -0.05) is 25.1 Å². The predicted octanol–water partition coefficient (Wildman–Crippen LogP) is 2.61. The molecule has 1 aromatic heterocycles. The largest absolute Gasteiger partial charge is 0.457 e. The fraction of sp³-hybridized carbons (Fsp3) is 0.353. The molecule has 21 heavy (non-hydrogen) atoms. The minimum atomic E-state index is 0.0613. The van der Waals surface area contributed by atoms with Gasteiger partial charge in [0.1, 0.15) is 11.3 Å². The minimum absolute atomic E-state index is 0.0613. The number of fused-ring (bicyclic) bond motifs is 1. The van der Waals surface area contributed by atoms with Crippen molar-refractivity contribution in [3.63, 3.8) is 0 Å². The molecular weight excluding hydrogens is 264 g/mol. The number of piperazine rings is 1. The van der Waals surface area contributed by atoms with Gasteiger partial charge >= 0.3 is 0 Å². The van der Waals surface area contributed by atoms with E-state index in [0.29, 0.717) is 0 Å². The van der Waals surface area contributed by atoms with E-state index >= 15 is 0 Å². The Morgan fingerprint density at radius 1 is 1.24 bits per heavy atom. The van der Waals surface area contributed by atoms with Crippen molar-refractivity contribution in [2.75, 3.05) is 32.7 Å². The lowest BCUT2D eigenvalue weighted by atomic mass is 10.2. The third kappa shape index (κ3) is 3.16. The highest BCUT2D eigenvalue weighted by Gasteiger charge is 2.18. The van der Waals surface area contributed by atoms with Gasteiger partial charge in [0.05, 0.1) is 0 Å². The summed E-state index contributed by atoms with van der Waals surface area (Å²) in [5.41, 5.74) is 0.848. The Balaban J connectivity index is 1.64. The first-order valence-corrected chi connectivity index (χ1v) is 7.44. The summed E-state index contributed by atoms with van der Waals surface area (Å²) in [6.45, 7) is 6.73. The molecule has 1 amide bonds. The highest BCUT2D eigenvalue weighted by molar-refractivity contribution is 5.92. The van der Waals surface area contributed by atoms with Crippen LogP contribution in [-0.4, -0.2) is 48.4 Å². The molecule has 0 saturated carbocycles. The van der Waals surface area contributed by atoms with Crippen LogP contribution in [-0.2, 0) is 4.79 Å². The fourth-order valence-corrected chi connectivity index (χ4v) is 2.63. The number of carbonyl (C=O) groups excluding carboxylic acids is 1. The fourth-order valence-electron chi connectivity index (χ4n) is 2.63. The smallest absolute Gasteiger partial charge is 0.246 e. The highest BCUT2D eigenvalue weighted by Crippen LogP contribution is 2.19. The van der Waals surface area contributed by atoms with Gasteiger partial charge in [0.2, 0.25) is 5.91 Å². The second-order valence-corrected chi connectivity index (χ2v) is 5.28. The van der Waals surface area contributed by atoms with Crippen LogP contribution in [0.25, 0.3) is 17.0 Å². The van der Waals surface area contributed by atoms with Crippen molar-refractivity contribution >= 4 is 23.0 Å². The number of rotatable bonds is 3. The maximum atomic E-state index is 12.2. The molecule has 0 bridgehead atoms. The standard InChI is InChI=1S/C17H20N2O2/c1-2-18-9-11-19(12-10-18)17(20)8-7-15-13-14-5-3-4-6-16(14)21-15/h3-8,13H,2,9-12H2,1H3/b8-7+. The van der Waals surface area contributed by atoms with Crippen LogP contribution in [0.4, 0.5) is 0 Å². The second-order valence-electron chi connectivity index (χ2n) is 5.28. The normalized spacial score (nSPS) is 16.9. The molecule has 0 N–H and O–H groups in total. The van der Waals surface area contributed by atoms with Crippen molar-refractivity contribution in [2.45, 2.75) is 6.92 Å². The number of benzene rings is 1. The maximum Gasteiger partial charge on any atom is 0.246 e. The Morgan fingerprint density at radius 3 is 2.71 bits per heavy atom. The number of furan rings is 1. The lowest BCUT2D eigenvalue weighted by Gasteiger charge is -2.33. The summed E-state index contributed by atoms with van der Waals surface area (Å²) in [5, 5.41) is 1.06. The summed E-state index contributed by atoms with van der Waals surface area (Å²) < 4.78 is 5.67. The highest BCUT2D eigenvalue weighted by atomic mass is 16.3. The van der Waals surface area contributed by atoms with Crippen molar-refractivity contribution in [3.8, 4) is 0 Å². The molecular formula is C17H20N2O2. The Hall–Kier alpha value is -2.07. The van der Waals surface area contributed by atoms with Crippen LogP contribution in [0, 0.1) is 0 Å². The van der Waals surface area contributed by atoms with Gasteiger partial charge in [0.25, 0.3) is 0 Å². The van der Waals surface area contributed by atoms with E-state index in [1.807, 2.05) is 35.2 Å². The summed E-state index contributed by atoms with van der Waals surface area (Å²) in [6, 6.07) is 9.80. The molecule has 110 valence electrons. The molecule has 2 heterocycles. The first-order valence-electron chi connectivity index (χ1n) is 7.44. The van der Waals surface area contributed by atoms with E-state index in [1.54, 1.807) is 12.2 Å². The average Bonchev–Trinajstić information content (AvgIpc) is 2.95. The number of carbonyl (C=O) groups is 1. The van der Waals surface area contributed by atoms with E-state index in [-0.39, 0.29) is 5.91 Å². The maximum absolute atomic E-state index is 12.2. The first-order chi connectivity index (χ1) is 10.3. The number of hydrogen-bond donors (Lipinski definition) is 0. The van der Waals surface area contributed by atoms with Crippen LogP contribution in [0.3, 0.4) is 0 Å². The zero-order valence-corrected chi connectivity index (χ0v) is 12.3. The lowest BCUT2D eigenvalue weighted by molar-refractivity contribution is -0.127. The molecule has 3 rings (SSSR count). The van der Waals surface area contributed by atoms with Crippen LogP contribution in [0.15, 0.2) is 40.8 Å². The van der Waals surface area contributed by atoms with Crippen LogP contribution >= 0.6 is 0 Å². The van der Waals surface area contributed by atoms with Crippen molar-refractivity contribution in [1.29, 1.82) is 0 Å². The van der Waals surface area contributed by atoms with E-state index in [0.717, 1.165) is 49.5 Å². The molecule has 0 atom stereocenters. The monoisotopic (exact) mass is 284 g/mol. The van der Waals surface area contributed by atoms with Gasteiger partial charge in [-0.2, -0.15) is 0 Å². The Bertz CT molecular complexity index is 619. The second kappa shape index (κ2) is 6.14. The van der Waals surface area contributed by atoms with Gasteiger partial charge in [0.15, 0.2) is 0 Å². The number of para-hydroxylation sites is 1. The van der Waals surface area contributed by atoms with E-state index in [2.05, 4.69) is 11.8 Å². The van der Waals surface area contributed by atoms with Gasteiger partial charge in [-0.05, 0) is 24.8 Å². The number of nitrogens with zero attached hydrogens (tertiary/aromatic N) is 2. The quantitative estimate of drug-likeness (QED) is 0.813. The summed E-state index contributed by atoms with van der Waals surface area (Å²) in [5.74, 6) is 0.781. The summed E-state index contributed by atoms with van der Waals surface area (Å²) in [6.07, 6.45) is 3.37. The summed E-state index contributed by atoms with van der Waals surface area (Å²) >= 11 is 0. The molecule has 0 unspecified atom stereocenters.